The van der Waals surface area contributed by atoms with Crippen LogP contribution in [-0.2, 0) is 17.8 Å². The second kappa shape index (κ2) is 11.8. The van der Waals surface area contributed by atoms with Crippen molar-refractivity contribution in [1.29, 1.82) is 0 Å². The van der Waals surface area contributed by atoms with E-state index in [4.69, 9.17) is 9.47 Å². The molecular weight excluding hydrogens is 412 g/mol. The Morgan fingerprint density at radius 2 is 2.06 bits per heavy atom. The number of hydrogen-bond acceptors (Lipinski definition) is 6. The van der Waals surface area contributed by atoms with E-state index >= 15 is 0 Å². The van der Waals surface area contributed by atoms with Crippen LogP contribution in [-0.4, -0.2) is 40.6 Å². The Balaban J connectivity index is 1.58. The van der Waals surface area contributed by atoms with Crippen molar-refractivity contribution in [2.24, 2.45) is 5.92 Å². The number of anilines is 1. The van der Waals surface area contributed by atoms with Gasteiger partial charge < -0.3 is 19.4 Å². The molecule has 0 aliphatic heterocycles. The van der Waals surface area contributed by atoms with Crippen LogP contribution < -0.4 is 14.8 Å². The van der Waals surface area contributed by atoms with Gasteiger partial charge in [-0.15, -0.1) is 16.8 Å². The van der Waals surface area contributed by atoms with Crippen LogP contribution in [0.4, 0.5) is 5.69 Å². The Kier molecular flexibility index (Phi) is 8.82. The van der Waals surface area contributed by atoms with Gasteiger partial charge in [0.1, 0.15) is 17.3 Å². The van der Waals surface area contributed by atoms with Crippen molar-refractivity contribution in [3.05, 3.63) is 36.7 Å². The number of benzene rings is 1. The first-order chi connectivity index (χ1) is 15.1. The lowest BCUT2D eigenvalue weighted by Crippen LogP contribution is -2.15. The molecule has 168 valence electrons. The normalized spacial score (nSPS) is 14.3. The molecule has 1 aliphatic carbocycles. The first-order valence-electron chi connectivity index (χ1n) is 10.8. The summed E-state index contributed by atoms with van der Waals surface area (Å²) in [6, 6.07) is 5.29. The zero-order chi connectivity index (χ0) is 22.1. The lowest BCUT2D eigenvalue weighted by Gasteiger charge is -2.21. The maximum atomic E-state index is 12.5. The molecule has 2 aromatic rings. The second-order valence-electron chi connectivity index (χ2n) is 7.74. The highest BCUT2D eigenvalue weighted by Gasteiger charge is 2.18. The summed E-state index contributed by atoms with van der Waals surface area (Å²) in [6.07, 6.45) is 10.6. The van der Waals surface area contributed by atoms with Crippen molar-refractivity contribution in [2.45, 2.75) is 56.6 Å². The zero-order valence-corrected chi connectivity index (χ0v) is 19.2. The Labute approximate surface area is 188 Å². The number of methoxy groups -OCH3 is 2. The maximum Gasteiger partial charge on any atom is 0.234 e. The van der Waals surface area contributed by atoms with E-state index in [0.29, 0.717) is 23.7 Å². The van der Waals surface area contributed by atoms with E-state index in [1.54, 1.807) is 32.4 Å². The number of thioether (sulfide) groups is 1. The number of rotatable bonds is 11. The number of carbonyl (C=O) groups is 1. The molecule has 0 atom stereocenters. The van der Waals surface area contributed by atoms with E-state index in [0.717, 1.165) is 29.7 Å². The van der Waals surface area contributed by atoms with Crippen molar-refractivity contribution in [3.8, 4) is 11.5 Å². The molecule has 7 nitrogen and oxygen atoms in total. The monoisotopic (exact) mass is 444 g/mol. The van der Waals surface area contributed by atoms with Crippen LogP contribution >= 0.6 is 11.8 Å². The lowest BCUT2D eigenvalue weighted by atomic mass is 9.86. The van der Waals surface area contributed by atoms with Gasteiger partial charge in [-0.05, 0) is 24.5 Å². The summed E-state index contributed by atoms with van der Waals surface area (Å²) < 4.78 is 12.6. The van der Waals surface area contributed by atoms with E-state index in [-0.39, 0.29) is 11.7 Å². The fourth-order valence-electron chi connectivity index (χ4n) is 3.95. The molecule has 0 unspecified atom stereocenters. The number of amides is 1. The molecule has 0 bridgehead atoms. The van der Waals surface area contributed by atoms with Gasteiger partial charge in [-0.1, -0.05) is 49.9 Å². The topological polar surface area (TPSA) is 78.3 Å². The van der Waals surface area contributed by atoms with Gasteiger partial charge in [0.15, 0.2) is 5.16 Å². The summed E-state index contributed by atoms with van der Waals surface area (Å²) in [6.45, 7) is 4.51. The molecule has 0 radical (unpaired) electrons. The number of aromatic nitrogens is 3. The molecule has 1 N–H and O–H groups in total. The molecule has 3 rings (SSSR count). The van der Waals surface area contributed by atoms with Gasteiger partial charge in [-0.25, -0.2) is 0 Å². The van der Waals surface area contributed by atoms with E-state index in [9.17, 15) is 4.79 Å². The minimum atomic E-state index is -0.134. The zero-order valence-electron chi connectivity index (χ0n) is 18.4. The van der Waals surface area contributed by atoms with Crippen LogP contribution in [0.5, 0.6) is 11.5 Å². The molecular formula is C23H32N4O3S. The van der Waals surface area contributed by atoms with Crippen LogP contribution in [0.25, 0.3) is 0 Å². The van der Waals surface area contributed by atoms with Crippen LogP contribution in [0.3, 0.4) is 0 Å². The third-order valence-corrected chi connectivity index (χ3v) is 6.59. The van der Waals surface area contributed by atoms with Crippen LogP contribution in [0.2, 0.25) is 0 Å². The predicted octanol–water partition coefficient (Wildman–Crippen LogP) is 4.73. The highest BCUT2D eigenvalue weighted by Crippen LogP contribution is 2.30. The third-order valence-electron chi connectivity index (χ3n) is 5.62. The van der Waals surface area contributed by atoms with Gasteiger partial charge in [0.25, 0.3) is 0 Å². The Bertz CT molecular complexity index is 878. The predicted molar refractivity (Wildman–Crippen MR) is 124 cm³/mol. The minimum absolute atomic E-state index is 0.134. The summed E-state index contributed by atoms with van der Waals surface area (Å²) in [5.41, 5.74) is 0.606. The van der Waals surface area contributed by atoms with E-state index in [1.807, 2.05) is 6.08 Å². The van der Waals surface area contributed by atoms with Crippen LogP contribution in [0.1, 0.15) is 44.3 Å². The maximum absolute atomic E-state index is 12.5. The Hall–Kier alpha value is -2.48. The number of carbonyl (C=O) groups excluding carboxylic acids is 1. The molecule has 1 fully saturated rings. The van der Waals surface area contributed by atoms with Gasteiger partial charge >= 0.3 is 0 Å². The molecule has 31 heavy (non-hydrogen) atoms. The summed E-state index contributed by atoms with van der Waals surface area (Å²) in [4.78, 5) is 12.5. The fraction of sp³-hybridized carbons (Fsp3) is 0.522. The average Bonchev–Trinajstić information content (AvgIpc) is 3.19. The van der Waals surface area contributed by atoms with Gasteiger partial charge in [0, 0.05) is 19.0 Å². The van der Waals surface area contributed by atoms with Crippen LogP contribution in [0.15, 0.2) is 36.0 Å². The van der Waals surface area contributed by atoms with Gasteiger partial charge in [0.05, 0.1) is 25.7 Å². The molecule has 1 aromatic heterocycles. The average molecular weight is 445 g/mol. The first kappa shape index (κ1) is 23.2. The molecule has 1 aromatic carbocycles. The van der Waals surface area contributed by atoms with Gasteiger partial charge in [-0.2, -0.15) is 0 Å². The molecule has 0 saturated heterocycles. The van der Waals surface area contributed by atoms with Crippen molar-refractivity contribution in [2.75, 3.05) is 25.3 Å². The smallest absolute Gasteiger partial charge is 0.234 e. The summed E-state index contributed by atoms with van der Waals surface area (Å²) in [5, 5.41) is 12.4. The second-order valence-corrected chi connectivity index (χ2v) is 8.69. The fourth-order valence-corrected chi connectivity index (χ4v) is 4.72. The number of hydrogen-bond donors (Lipinski definition) is 1. The summed E-state index contributed by atoms with van der Waals surface area (Å²) in [5.74, 6) is 3.09. The SMILES string of the molecule is C=CCn1c(CCC2CCCCC2)nnc1SCC(=O)Nc1ccc(OC)cc1OC. The van der Waals surface area contributed by atoms with E-state index in [1.165, 1.54) is 43.9 Å². The molecule has 1 amide bonds. The van der Waals surface area contributed by atoms with Crippen molar-refractivity contribution in [1.82, 2.24) is 14.8 Å². The number of ether oxygens (including phenoxy) is 2. The molecule has 1 saturated carbocycles. The first-order valence-corrected chi connectivity index (χ1v) is 11.8. The van der Waals surface area contributed by atoms with Crippen molar-refractivity contribution < 1.29 is 14.3 Å². The number of allylic oxidation sites excluding steroid dienone is 1. The third kappa shape index (κ3) is 6.50. The minimum Gasteiger partial charge on any atom is -0.497 e. The van der Waals surface area contributed by atoms with E-state index < -0.39 is 0 Å². The highest BCUT2D eigenvalue weighted by molar-refractivity contribution is 7.99. The standard InChI is InChI=1S/C23H32N4O3S/c1-4-14-27-21(13-10-17-8-6-5-7-9-17)25-26-23(27)31-16-22(28)24-19-12-11-18(29-2)15-20(19)30-3/h4,11-12,15,17H,1,5-10,13-14,16H2,2-3H3,(H,24,28). The Morgan fingerprint density at radius 3 is 2.77 bits per heavy atom. The van der Waals surface area contributed by atoms with Crippen molar-refractivity contribution in [3.63, 3.8) is 0 Å². The summed E-state index contributed by atoms with van der Waals surface area (Å²) >= 11 is 1.38. The largest absolute Gasteiger partial charge is 0.497 e. The molecule has 8 heteroatoms. The number of aryl methyl sites for hydroxylation is 1. The quantitative estimate of drug-likeness (QED) is 0.399. The van der Waals surface area contributed by atoms with Crippen molar-refractivity contribution >= 4 is 23.4 Å². The van der Waals surface area contributed by atoms with Gasteiger partial charge in [-0.3, -0.25) is 4.79 Å². The summed E-state index contributed by atoms with van der Waals surface area (Å²) in [7, 11) is 3.15. The number of nitrogens with zero attached hydrogens (tertiary/aromatic N) is 3. The number of nitrogens with one attached hydrogen (secondary N) is 1. The lowest BCUT2D eigenvalue weighted by molar-refractivity contribution is -0.113. The van der Waals surface area contributed by atoms with E-state index in [2.05, 4.69) is 26.7 Å². The van der Waals surface area contributed by atoms with Gasteiger partial charge in [0.2, 0.25) is 5.91 Å². The molecule has 1 heterocycles. The highest BCUT2D eigenvalue weighted by atomic mass is 32.2. The molecule has 1 aliphatic rings. The molecule has 0 spiro atoms. The van der Waals surface area contributed by atoms with Crippen LogP contribution in [0, 0.1) is 5.92 Å². The Morgan fingerprint density at radius 1 is 1.26 bits per heavy atom.